The van der Waals surface area contributed by atoms with Gasteiger partial charge in [-0.3, -0.25) is 14.9 Å². The van der Waals surface area contributed by atoms with Crippen molar-refractivity contribution in [3.05, 3.63) is 71.6 Å². The summed E-state index contributed by atoms with van der Waals surface area (Å²) >= 11 is 0. The second-order valence-corrected chi connectivity index (χ2v) is 8.37. The number of fused-ring (bicyclic) bond motifs is 2. The molecule has 0 saturated carbocycles. The number of anilines is 1. The van der Waals surface area contributed by atoms with Crippen LogP contribution in [0.25, 0.3) is 11.1 Å². The molecule has 164 valence electrons. The predicted octanol–water partition coefficient (Wildman–Crippen LogP) is 3.75. The molecule has 2 fully saturated rings. The van der Waals surface area contributed by atoms with E-state index in [9.17, 15) is 13.6 Å². The van der Waals surface area contributed by atoms with E-state index in [0.717, 1.165) is 41.4 Å². The number of H-pyrrole nitrogens is 1. The van der Waals surface area contributed by atoms with Gasteiger partial charge in [-0.1, -0.05) is 12.1 Å². The number of aromatic nitrogens is 2. The van der Waals surface area contributed by atoms with Gasteiger partial charge in [-0.15, -0.1) is 0 Å². The summed E-state index contributed by atoms with van der Waals surface area (Å²) < 4.78 is 27.9. The zero-order valence-corrected chi connectivity index (χ0v) is 17.6. The van der Waals surface area contributed by atoms with Crippen molar-refractivity contribution in [3.8, 4) is 11.1 Å². The van der Waals surface area contributed by atoms with Gasteiger partial charge in [0.05, 0.1) is 11.8 Å². The quantitative estimate of drug-likeness (QED) is 0.635. The summed E-state index contributed by atoms with van der Waals surface area (Å²) in [6.07, 6.45) is 6.32. The zero-order chi connectivity index (χ0) is 22.2. The average molecular weight is 435 g/mol. The number of carbonyl (C=O) groups is 1. The molecule has 2 atom stereocenters. The highest BCUT2D eigenvalue weighted by Gasteiger charge is 2.42. The third-order valence-electron chi connectivity index (χ3n) is 6.32. The molecule has 3 aromatic rings. The first kappa shape index (κ1) is 20.4. The fourth-order valence-corrected chi connectivity index (χ4v) is 4.90. The number of hydrogen-bond donors (Lipinski definition) is 1. The number of aromatic amines is 1. The van der Waals surface area contributed by atoms with Gasteiger partial charge in [0, 0.05) is 61.9 Å². The summed E-state index contributed by atoms with van der Waals surface area (Å²) in [6.45, 7) is 1.97. The van der Waals surface area contributed by atoms with E-state index in [0.29, 0.717) is 13.1 Å². The molecular weight excluding hydrogens is 412 g/mol. The predicted molar refractivity (Wildman–Crippen MR) is 119 cm³/mol. The molecule has 5 rings (SSSR count). The molecule has 32 heavy (non-hydrogen) atoms. The molecule has 1 amide bonds. The molecule has 2 aliphatic rings. The van der Waals surface area contributed by atoms with E-state index in [1.165, 1.54) is 12.1 Å². The smallest absolute Gasteiger partial charge is 0.257 e. The summed E-state index contributed by atoms with van der Waals surface area (Å²) in [5, 5.41) is 6.85. The third-order valence-corrected chi connectivity index (χ3v) is 6.32. The highest BCUT2D eigenvalue weighted by atomic mass is 19.2. The van der Waals surface area contributed by atoms with Crippen molar-refractivity contribution in [3.63, 3.8) is 0 Å². The largest absolute Gasteiger partial charge is 0.369 e. The molecule has 6 nitrogen and oxygen atoms in total. The van der Waals surface area contributed by atoms with E-state index in [2.05, 4.69) is 38.3 Å². The Balaban J connectivity index is 1.41. The number of rotatable bonds is 4. The fraction of sp³-hybridized carbons (Fsp3) is 0.292. The van der Waals surface area contributed by atoms with Gasteiger partial charge in [-0.2, -0.15) is 5.10 Å². The minimum atomic E-state index is -1.08. The van der Waals surface area contributed by atoms with Crippen LogP contribution < -0.4 is 4.90 Å². The van der Waals surface area contributed by atoms with Crippen LogP contribution in [0, 0.1) is 17.6 Å². The maximum atomic E-state index is 14.2. The molecule has 1 aromatic heterocycles. The van der Waals surface area contributed by atoms with Gasteiger partial charge < -0.3 is 9.80 Å². The molecule has 2 aromatic carbocycles. The van der Waals surface area contributed by atoms with Crippen LogP contribution in [-0.4, -0.2) is 59.9 Å². The number of likely N-dealkylation sites (tertiary alicyclic amines) is 1. The molecule has 8 heteroatoms. The first-order valence-electron chi connectivity index (χ1n) is 10.6. The van der Waals surface area contributed by atoms with Gasteiger partial charge in [-0.05, 0) is 42.2 Å². The lowest BCUT2D eigenvalue weighted by Gasteiger charge is -2.35. The summed E-state index contributed by atoms with van der Waals surface area (Å²) in [6, 6.07) is 9.90. The van der Waals surface area contributed by atoms with Crippen LogP contribution in [0.1, 0.15) is 22.3 Å². The highest BCUT2D eigenvalue weighted by Crippen LogP contribution is 2.35. The Hall–Kier alpha value is -3.55. The summed E-state index contributed by atoms with van der Waals surface area (Å²) in [5.74, 6) is -2.25. The molecule has 0 unspecified atom stereocenters. The molecule has 2 aliphatic heterocycles. The van der Waals surface area contributed by atoms with Crippen molar-refractivity contribution < 1.29 is 13.6 Å². The highest BCUT2D eigenvalue weighted by molar-refractivity contribution is 5.95. The van der Waals surface area contributed by atoms with E-state index >= 15 is 0 Å². The molecule has 1 N–H and O–H groups in total. The normalized spacial score (nSPS) is 20.3. The lowest BCUT2D eigenvalue weighted by Crippen LogP contribution is -2.44. The SMILES string of the molecule is CN=Cc1cc(-c2cn[nH]c2)ccc1N1C[C@@H]2C[C@@H](C1)N(C(=O)c1cccc(F)c1F)C2. The van der Waals surface area contributed by atoms with Crippen molar-refractivity contribution in [2.45, 2.75) is 12.5 Å². The first-order valence-corrected chi connectivity index (χ1v) is 10.6. The number of halogens is 2. The van der Waals surface area contributed by atoms with Crippen molar-refractivity contribution in [2.24, 2.45) is 10.9 Å². The van der Waals surface area contributed by atoms with Gasteiger partial charge in [0.25, 0.3) is 5.91 Å². The lowest BCUT2D eigenvalue weighted by atomic mass is 9.97. The van der Waals surface area contributed by atoms with Crippen LogP contribution in [-0.2, 0) is 0 Å². The van der Waals surface area contributed by atoms with Gasteiger partial charge >= 0.3 is 0 Å². The second-order valence-electron chi connectivity index (χ2n) is 8.37. The number of aliphatic imine (C=N–C) groups is 1. The standard InChI is InChI=1S/C24H23F2N5O/c1-27-9-17-8-16(18-10-28-29-11-18)5-6-22(17)30-12-15-7-19(14-30)31(13-15)24(32)20-3-2-4-21(25)23(20)26/h2-6,8-11,15,19H,7,12-14H2,1H3,(H,28,29)/t15-,19-/m0/s1. The monoisotopic (exact) mass is 435 g/mol. The van der Waals surface area contributed by atoms with Crippen LogP contribution in [0.15, 0.2) is 53.8 Å². The summed E-state index contributed by atoms with van der Waals surface area (Å²) in [7, 11) is 1.74. The van der Waals surface area contributed by atoms with Crippen LogP contribution in [0.3, 0.4) is 0 Å². The van der Waals surface area contributed by atoms with Crippen LogP contribution in [0.2, 0.25) is 0 Å². The molecule has 2 saturated heterocycles. The average Bonchev–Trinajstić information content (AvgIpc) is 3.43. The lowest BCUT2D eigenvalue weighted by molar-refractivity contribution is 0.0736. The second kappa shape index (κ2) is 8.18. The van der Waals surface area contributed by atoms with Crippen molar-refractivity contribution in [2.75, 3.05) is 31.6 Å². The number of benzene rings is 2. The van der Waals surface area contributed by atoms with E-state index < -0.39 is 17.5 Å². The Morgan fingerprint density at radius 1 is 1.19 bits per heavy atom. The van der Waals surface area contributed by atoms with E-state index in [4.69, 9.17) is 0 Å². The minimum Gasteiger partial charge on any atom is -0.369 e. The summed E-state index contributed by atoms with van der Waals surface area (Å²) in [4.78, 5) is 21.2. The van der Waals surface area contributed by atoms with E-state index in [1.54, 1.807) is 18.1 Å². The van der Waals surface area contributed by atoms with Crippen molar-refractivity contribution in [1.82, 2.24) is 15.1 Å². The zero-order valence-electron chi connectivity index (χ0n) is 17.6. The Labute approximate surface area is 184 Å². The van der Waals surface area contributed by atoms with Crippen LogP contribution >= 0.6 is 0 Å². The molecule has 3 heterocycles. The Morgan fingerprint density at radius 2 is 2.06 bits per heavy atom. The molecule has 0 radical (unpaired) electrons. The van der Waals surface area contributed by atoms with Crippen molar-refractivity contribution in [1.29, 1.82) is 0 Å². The molecule has 0 aliphatic carbocycles. The van der Waals surface area contributed by atoms with Gasteiger partial charge in [0.1, 0.15) is 0 Å². The Bertz CT molecular complexity index is 1180. The number of amides is 1. The minimum absolute atomic E-state index is 0.0520. The van der Waals surface area contributed by atoms with E-state index in [-0.39, 0.29) is 17.5 Å². The summed E-state index contributed by atoms with van der Waals surface area (Å²) in [5.41, 5.74) is 3.86. The van der Waals surface area contributed by atoms with E-state index in [1.807, 2.05) is 12.4 Å². The van der Waals surface area contributed by atoms with Crippen LogP contribution in [0.5, 0.6) is 0 Å². The Kier molecular flexibility index (Phi) is 5.20. The number of nitrogens with one attached hydrogen (secondary N) is 1. The van der Waals surface area contributed by atoms with Gasteiger partial charge in [0.15, 0.2) is 11.6 Å². The number of nitrogens with zero attached hydrogens (tertiary/aromatic N) is 4. The molecular formula is C24H23F2N5O. The number of carbonyl (C=O) groups excluding carboxylic acids is 1. The third kappa shape index (κ3) is 3.55. The van der Waals surface area contributed by atoms with Crippen LogP contribution in [0.4, 0.5) is 14.5 Å². The molecule has 0 spiro atoms. The topological polar surface area (TPSA) is 64.6 Å². The van der Waals surface area contributed by atoms with Crippen molar-refractivity contribution >= 4 is 17.8 Å². The maximum Gasteiger partial charge on any atom is 0.257 e. The van der Waals surface area contributed by atoms with Gasteiger partial charge in [-0.25, -0.2) is 8.78 Å². The fourth-order valence-electron chi connectivity index (χ4n) is 4.90. The number of piperidine rings is 1. The number of hydrogen-bond acceptors (Lipinski definition) is 4. The first-order chi connectivity index (χ1) is 15.5. The Morgan fingerprint density at radius 3 is 2.84 bits per heavy atom. The van der Waals surface area contributed by atoms with Gasteiger partial charge in [0.2, 0.25) is 0 Å². The maximum absolute atomic E-state index is 14.2. The molecule has 2 bridgehead atoms.